The van der Waals surface area contributed by atoms with Gasteiger partial charge >= 0.3 is 6.18 Å². The third-order valence-electron chi connectivity index (χ3n) is 6.79. The highest BCUT2D eigenvalue weighted by molar-refractivity contribution is 6.04. The number of methoxy groups -OCH3 is 1. The second-order valence-electron chi connectivity index (χ2n) is 9.42. The number of aromatic nitrogens is 4. The number of hydrogen-bond acceptors (Lipinski definition) is 6. The maximum absolute atomic E-state index is 15.5. The molecular formula is C28H24F4N6O3. The van der Waals surface area contributed by atoms with E-state index in [9.17, 15) is 22.8 Å². The number of nitrogens with zero attached hydrogens (tertiary/aromatic N) is 5. The predicted octanol–water partition coefficient (Wildman–Crippen LogP) is 4.85. The lowest BCUT2D eigenvalue weighted by atomic mass is 10.1. The molecule has 0 aliphatic carbocycles. The summed E-state index contributed by atoms with van der Waals surface area (Å²) in [4.78, 5) is 39.3. The van der Waals surface area contributed by atoms with Crippen molar-refractivity contribution in [1.82, 2.24) is 24.3 Å². The number of nitrogens with one attached hydrogen (secondary N) is 1. The molecule has 41 heavy (non-hydrogen) atoms. The number of halogens is 4. The molecular weight excluding hydrogens is 544 g/mol. The summed E-state index contributed by atoms with van der Waals surface area (Å²) in [5, 5.41) is 2.27. The molecule has 1 atom stereocenters. The lowest BCUT2D eigenvalue weighted by Gasteiger charge is -2.14. The van der Waals surface area contributed by atoms with Crippen LogP contribution >= 0.6 is 0 Å². The molecule has 4 heterocycles. The largest absolute Gasteiger partial charge is 0.416 e. The highest BCUT2D eigenvalue weighted by Gasteiger charge is 2.32. The molecule has 5 rings (SSSR count). The van der Waals surface area contributed by atoms with E-state index in [4.69, 9.17) is 9.72 Å². The minimum atomic E-state index is -4.61. The quantitative estimate of drug-likeness (QED) is 0.253. The Morgan fingerprint density at radius 2 is 2.02 bits per heavy atom. The molecule has 1 saturated heterocycles. The summed E-state index contributed by atoms with van der Waals surface area (Å²) in [6.45, 7) is 4.68. The van der Waals surface area contributed by atoms with E-state index in [-0.39, 0.29) is 41.1 Å². The first-order chi connectivity index (χ1) is 19.6. The maximum atomic E-state index is 15.5. The van der Waals surface area contributed by atoms with Gasteiger partial charge in [-0.15, -0.1) is 0 Å². The van der Waals surface area contributed by atoms with Crippen LogP contribution in [0.5, 0.6) is 0 Å². The van der Waals surface area contributed by atoms with Crippen molar-refractivity contribution < 1.29 is 31.9 Å². The highest BCUT2D eigenvalue weighted by Crippen LogP contribution is 2.35. The number of pyridine rings is 1. The van der Waals surface area contributed by atoms with E-state index in [1.807, 2.05) is 4.40 Å². The summed E-state index contributed by atoms with van der Waals surface area (Å²) in [7, 11) is 1.54. The Bertz CT molecular complexity index is 1650. The minimum Gasteiger partial charge on any atom is -0.378 e. The van der Waals surface area contributed by atoms with Gasteiger partial charge in [-0.25, -0.2) is 14.4 Å². The van der Waals surface area contributed by atoms with Gasteiger partial charge in [0.25, 0.3) is 5.91 Å². The Kier molecular flexibility index (Phi) is 7.54. The number of fused-ring (bicyclic) bond motifs is 1. The van der Waals surface area contributed by atoms with Crippen LogP contribution in [0.3, 0.4) is 0 Å². The van der Waals surface area contributed by atoms with E-state index >= 15 is 4.39 Å². The second-order valence-corrected chi connectivity index (χ2v) is 9.42. The van der Waals surface area contributed by atoms with Gasteiger partial charge in [0.05, 0.1) is 29.6 Å². The molecule has 13 heteroatoms. The van der Waals surface area contributed by atoms with Crippen molar-refractivity contribution in [3.05, 3.63) is 90.0 Å². The number of hydrogen-bond donors (Lipinski definition) is 1. The van der Waals surface area contributed by atoms with Gasteiger partial charge in [0.15, 0.2) is 0 Å². The summed E-state index contributed by atoms with van der Waals surface area (Å²) in [5.74, 6) is -1.65. The Hall–Kier alpha value is -4.65. The SMILES string of the molecule is C=CC(=O)N1CC[C@@H](c2nc(-c3ccc(C(=O)Nc4cc(C(F)(F)F)ccn4)cc3F)c3cncc(COC)n23)C1. The summed E-state index contributed by atoms with van der Waals surface area (Å²) in [6, 6.07) is 5.18. The first kappa shape index (κ1) is 27.9. The third-order valence-corrected chi connectivity index (χ3v) is 6.79. The van der Waals surface area contributed by atoms with Gasteiger partial charge in [-0.2, -0.15) is 13.2 Å². The lowest BCUT2D eigenvalue weighted by molar-refractivity contribution is -0.137. The van der Waals surface area contributed by atoms with Crippen molar-refractivity contribution in [1.29, 1.82) is 0 Å². The number of alkyl halides is 3. The van der Waals surface area contributed by atoms with Crippen LogP contribution in [0.15, 0.2) is 61.6 Å². The molecule has 9 nitrogen and oxygen atoms in total. The van der Waals surface area contributed by atoms with Crippen LogP contribution in [-0.2, 0) is 22.3 Å². The molecule has 0 spiro atoms. The molecule has 0 radical (unpaired) electrons. The zero-order chi connectivity index (χ0) is 29.3. The van der Waals surface area contributed by atoms with E-state index in [1.165, 1.54) is 25.3 Å². The van der Waals surface area contributed by atoms with Gasteiger partial charge in [-0.05, 0) is 42.8 Å². The Labute approximate surface area is 231 Å². The van der Waals surface area contributed by atoms with Crippen LogP contribution in [-0.4, -0.2) is 56.3 Å². The normalized spacial score (nSPS) is 15.3. The molecule has 0 saturated carbocycles. The molecule has 2 amide bonds. The molecule has 4 aromatic rings. The average molecular weight is 569 g/mol. The van der Waals surface area contributed by atoms with Gasteiger partial charge in [-0.1, -0.05) is 6.58 Å². The van der Waals surface area contributed by atoms with Crippen molar-refractivity contribution in [2.24, 2.45) is 0 Å². The fourth-order valence-electron chi connectivity index (χ4n) is 4.86. The number of carbonyl (C=O) groups is 2. The molecule has 1 fully saturated rings. The first-order valence-corrected chi connectivity index (χ1v) is 12.5. The van der Waals surface area contributed by atoms with Crippen LogP contribution in [0.2, 0.25) is 0 Å². The number of imidazole rings is 1. The second kappa shape index (κ2) is 11.1. The van der Waals surface area contributed by atoms with Crippen LogP contribution < -0.4 is 5.32 Å². The summed E-state index contributed by atoms with van der Waals surface area (Å²) in [6.07, 6.45) is 1.38. The van der Waals surface area contributed by atoms with E-state index in [1.54, 1.807) is 17.3 Å². The summed E-state index contributed by atoms with van der Waals surface area (Å²) >= 11 is 0. The van der Waals surface area contributed by atoms with Gasteiger partial charge in [-0.3, -0.25) is 19.0 Å². The molecule has 0 unspecified atom stereocenters. The molecule has 1 N–H and O–H groups in total. The summed E-state index contributed by atoms with van der Waals surface area (Å²) < 4.78 is 61.7. The maximum Gasteiger partial charge on any atom is 0.416 e. The van der Waals surface area contributed by atoms with Crippen LogP contribution in [0, 0.1) is 5.82 Å². The highest BCUT2D eigenvalue weighted by atomic mass is 19.4. The first-order valence-electron chi connectivity index (χ1n) is 12.5. The topological polar surface area (TPSA) is 102 Å². The average Bonchev–Trinajstić information content (AvgIpc) is 3.58. The molecule has 0 bridgehead atoms. The van der Waals surface area contributed by atoms with Crippen molar-refractivity contribution in [3.8, 4) is 11.3 Å². The van der Waals surface area contributed by atoms with E-state index in [2.05, 4.69) is 21.9 Å². The number of amides is 2. The van der Waals surface area contributed by atoms with Crippen LogP contribution in [0.1, 0.15) is 39.8 Å². The van der Waals surface area contributed by atoms with Crippen molar-refractivity contribution in [3.63, 3.8) is 0 Å². The fraction of sp³-hybridized carbons (Fsp3) is 0.250. The number of likely N-dealkylation sites (tertiary alicyclic amines) is 1. The van der Waals surface area contributed by atoms with Crippen molar-refractivity contribution in [2.45, 2.75) is 25.1 Å². The number of benzene rings is 1. The van der Waals surface area contributed by atoms with E-state index in [0.29, 0.717) is 42.6 Å². The molecule has 212 valence electrons. The zero-order valence-electron chi connectivity index (χ0n) is 21.8. The lowest BCUT2D eigenvalue weighted by Crippen LogP contribution is -2.26. The molecule has 1 aliphatic rings. The third kappa shape index (κ3) is 5.53. The van der Waals surface area contributed by atoms with Gasteiger partial charge < -0.3 is 15.0 Å². The minimum absolute atomic E-state index is 0.0934. The van der Waals surface area contributed by atoms with Crippen LogP contribution in [0.25, 0.3) is 16.8 Å². The van der Waals surface area contributed by atoms with Crippen molar-refractivity contribution >= 4 is 23.1 Å². The predicted molar refractivity (Wildman–Crippen MR) is 140 cm³/mol. The number of anilines is 1. The van der Waals surface area contributed by atoms with Gasteiger partial charge in [0.2, 0.25) is 5.91 Å². The fourth-order valence-corrected chi connectivity index (χ4v) is 4.86. The number of carbonyl (C=O) groups excluding carboxylic acids is 2. The molecule has 3 aromatic heterocycles. The smallest absolute Gasteiger partial charge is 0.378 e. The monoisotopic (exact) mass is 568 g/mol. The Balaban J connectivity index is 1.49. The Morgan fingerprint density at radius 3 is 2.73 bits per heavy atom. The summed E-state index contributed by atoms with van der Waals surface area (Å²) in [5.41, 5.74) is 0.456. The Morgan fingerprint density at radius 1 is 1.22 bits per heavy atom. The van der Waals surface area contributed by atoms with Crippen LogP contribution in [0.4, 0.5) is 23.4 Å². The molecule has 1 aromatic carbocycles. The zero-order valence-corrected chi connectivity index (χ0v) is 21.8. The molecule has 1 aliphatic heterocycles. The van der Waals surface area contributed by atoms with Gasteiger partial charge in [0, 0.05) is 49.6 Å². The standard InChI is InChI=1S/C28H24F4N6O3/c1-3-24(39)37-9-7-17(14-37)26-36-25(22-13-33-12-19(15-41-2)38(22)26)20-5-4-16(10-21(20)29)27(40)35-23-11-18(6-8-34-23)28(30,31)32/h3-6,8,10-13,17H,1,7,9,14-15H2,2H3,(H,34,35,40)/t17-/m1/s1. The number of rotatable bonds is 7. The number of ether oxygens (including phenoxy) is 1. The van der Waals surface area contributed by atoms with Crippen molar-refractivity contribution in [2.75, 3.05) is 25.5 Å². The van der Waals surface area contributed by atoms with E-state index < -0.39 is 23.5 Å². The van der Waals surface area contributed by atoms with E-state index in [0.717, 1.165) is 18.3 Å². The van der Waals surface area contributed by atoms with Gasteiger partial charge in [0.1, 0.15) is 23.2 Å².